The first-order valence-corrected chi connectivity index (χ1v) is 32.0. The number of unbranched alkanes of at least 4 members (excludes halogenated alkanes) is 42. The molecule has 0 saturated heterocycles. The molecule has 0 amide bonds. The minimum atomic E-state index is -0.769. The van der Waals surface area contributed by atoms with E-state index in [9.17, 15) is 14.4 Å². The molecule has 1 atom stereocenters. The third-order valence-electron chi connectivity index (χ3n) is 14.4. The van der Waals surface area contributed by atoms with Crippen molar-refractivity contribution in [2.24, 2.45) is 0 Å². The van der Waals surface area contributed by atoms with Crippen LogP contribution in [-0.2, 0) is 28.6 Å². The van der Waals surface area contributed by atoms with Gasteiger partial charge < -0.3 is 14.2 Å². The van der Waals surface area contributed by atoms with Crippen molar-refractivity contribution < 1.29 is 28.6 Å². The minimum absolute atomic E-state index is 0.0693. The summed E-state index contributed by atoms with van der Waals surface area (Å²) in [7, 11) is 0. The number of allylic oxidation sites excluding steroid dienone is 6. The lowest BCUT2D eigenvalue weighted by Gasteiger charge is -2.18. The van der Waals surface area contributed by atoms with Gasteiger partial charge in [-0.1, -0.05) is 288 Å². The summed E-state index contributed by atoms with van der Waals surface area (Å²) in [5, 5.41) is 0. The van der Waals surface area contributed by atoms with Crippen molar-refractivity contribution in [2.45, 2.75) is 354 Å². The van der Waals surface area contributed by atoms with Gasteiger partial charge in [0.2, 0.25) is 0 Å². The molecule has 0 fully saturated rings. The molecule has 0 heterocycles. The van der Waals surface area contributed by atoms with Gasteiger partial charge in [0.1, 0.15) is 13.2 Å². The predicted octanol–water partition coefficient (Wildman–Crippen LogP) is 21.6. The van der Waals surface area contributed by atoms with E-state index < -0.39 is 6.10 Å². The van der Waals surface area contributed by atoms with Crippen LogP contribution in [0.15, 0.2) is 36.5 Å². The zero-order valence-electron chi connectivity index (χ0n) is 48.5. The second-order valence-corrected chi connectivity index (χ2v) is 21.7. The topological polar surface area (TPSA) is 78.9 Å². The number of carbonyl (C=O) groups is 3. The van der Waals surface area contributed by atoms with Crippen molar-refractivity contribution in [3.63, 3.8) is 0 Å². The monoisotopic (exact) mass is 1010 g/mol. The largest absolute Gasteiger partial charge is 0.462 e. The van der Waals surface area contributed by atoms with Crippen LogP contribution in [0.5, 0.6) is 0 Å². The molecule has 0 aromatic rings. The molecule has 0 aliphatic carbocycles. The summed E-state index contributed by atoms with van der Waals surface area (Å²) >= 11 is 0. The van der Waals surface area contributed by atoms with Gasteiger partial charge in [-0.3, -0.25) is 14.4 Å². The molecule has 1 unspecified atom stereocenters. The number of ether oxygens (including phenoxy) is 3. The van der Waals surface area contributed by atoms with Gasteiger partial charge in [-0.15, -0.1) is 0 Å². The van der Waals surface area contributed by atoms with Crippen LogP contribution in [0.25, 0.3) is 0 Å². The molecule has 6 nitrogen and oxygen atoms in total. The molecule has 0 saturated carbocycles. The fraction of sp³-hybridized carbons (Fsp3) is 0.864. The Bertz CT molecular complexity index is 1210. The number of carbonyl (C=O) groups excluding carboxylic acids is 3. The smallest absolute Gasteiger partial charge is 0.306 e. The molecule has 0 aliphatic heterocycles. The van der Waals surface area contributed by atoms with Crippen LogP contribution >= 0.6 is 0 Å². The summed E-state index contributed by atoms with van der Waals surface area (Å²) in [5.41, 5.74) is 0. The maximum absolute atomic E-state index is 12.8. The zero-order valence-corrected chi connectivity index (χ0v) is 48.5. The average molecular weight is 1010 g/mol. The van der Waals surface area contributed by atoms with Crippen LogP contribution in [0, 0.1) is 0 Å². The minimum Gasteiger partial charge on any atom is -0.462 e. The predicted molar refractivity (Wildman–Crippen MR) is 312 cm³/mol. The van der Waals surface area contributed by atoms with E-state index in [0.29, 0.717) is 19.3 Å². The van der Waals surface area contributed by atoms with Crippen molar-refractivity contribution in [1.82, 2.24) is 0 Å². The molecular formula is C66H122O6. The van der Waals surface area contributed by atoms with Gasteiger partial charge in [0.25, 0.3) is 0 Å². The molecule has 0 rings (SSSR count). The Kier molecular flexibility index (Phi) is 59.2. The van der Waals surface area contributed by atoms with Crippen molar-refractivity contribution in [3.8, 4) is 0 Å². The SMILES string of the molecule is CCCCCCC/C=C\C/C=C\CCCCCCCCCCCCCCCCCCCC(=O)OCC(COC(=O)CCCCCCCCCC)OC(=O)CCCCCCCCC/C=C\CCCCCCCC. The third-order valence-corrected chi connectivity index (χ3v) is 14.4. The lowest BCUT2D eigenvalue weighted by molar-refractivity contribution is -0.167. The lowest BCUT2D eigenvalue weighted by atomic mass is 10.0. The Morgan fingerprint density at radius 3 is 0.778 bits per heavy atom. The van der Waals surface area contributed by atoms with Crippen LogP contribution in [-0.4, -0.2) is 37.2 Å². The molecule has 0 aliphatic rings. The van der Waals surface area contributed by atoms with Gasteiger partial charge >= 0.3 is 17.9 Å². The number of esters is 3. The summed E-state index contributed by atoms with van der Waals surface area (Å²) < 4.78 is 16.9. The Hall–Kier alpha value is -2.37. The summed E-state index contributed by atoms with van der Waals surface area (Å²) in [4.78, 5) is 38.1. The molecule has 6 heteroatoms. The van der Waals surface area contributed by atoms with E-state index in [0.717, 1.165) is 64.2 Å². The van der Waals surface area contributed by atoms with E-state index in [1.165, 1.54) is 244 Å². The van der Waals surface area contributed by atoms with E-state index >= 15 is 0 Å². The van der Waals surface area contributed by atoms with Gasteiger partial charge in [0.15, 0.2) is 6.10 Å². The maximum Gasteiger partial charge on any atom is 0.306 e. The highest BCUT2D eigenvalue weighted by Gasteiger charge is 2.19. The van der Waals surface area contributed by atoms with E-state index in [2.05, 4.69) is 57.2 Å². The van der Waals surface area contributed by atoms with Crippen molar-refractivity contribution >= 4 is 17.9 Å². The highest BCUT2D eigenvalue weighted by Crippen LogP contribution is 2.17. The Morgan fingerprint density at radius 1 is 0.278 bits per heavy atom. The normalized spacial score (nSPS) is 12.2. The van der Waals surface area contributed by atoms with E-state index in [4.69, 9.17) is 14.2 Å². The van der Waals surface area contributed by atoms with E-state index in [1.54, 1.807) is 0 Å². The van der Waals surface area contributed by atoms with Gasteiger partial charge in [-0.25, -0.2) is 0 Å². The zero-order chi connectivity index (χ0) is 52.2. The lowest BCUT2D eigenvalue weighted by Crippen LogP contribution is -2.30. The first kappa shape index (κ1) is 69.6. The second-order valence-electron chi connectivity index (χ2n) is 21.7. The van der Waals surface area contributed by atoms with Crippen LogP contribution in [0.1, 0.15) is 348 Å². The maximum atomic E-state index is 12.8. The summed E-state index contributed by atoms with van der Waals surface area (Å²) in [6.07, 6.45) is 74.6. The highest BCUT2D eigenvalue weighted by molar-refractivity contribution is 5.71. The van der Waals surface area contributed by atoms with E-state index in [1.807, 2.05) is 0 Å². The third kappa shape index (κ3) is 58.5. The van der Waals surface area contributed by atoms with Crippen molar-refractivity contribution in [3.05, 3.63) is 36.5 Å². The molecule has 0 N–H and O–H groups in total. The molecule has 422 valence electrons. The molecule has 0 aromatic heterocycles. The van der Waals surface area contributed by atoms with Crippen LogP contribution in [0.4, 0.5) is 0 Å². The molecule has 72 heavy (non-hydrogen) atoms. The molecule has 0 radical (unpaired) electrons. The second kappa shape index (κ2) is 61.2. The molecule has 0 bridgehead atoms. The number of rotatable bonds is 59. The summed E-state index contributed by atoms with van der Waals surface area (Å²) in [5.74, 6) is -0.858. The Balaban J connectivity index is 4.07. The van der Waals surface area contributed by atoms with Gasteiger partial charge in [0, 0.05) is 19.3 Å². The molecular weight excluding hydrogens is 889 g/mol. The molecule has 0 spiro atoms. The van der Waals surface area contributed by atoms with Gasteiger partial charge in [0.05, 0.1) is 0 Å². The fourth-order valence-corrected chi connectivity index (χ4v) is 9.53. The summed E-state index contributed by atoms with van der Waals surface area (Å²) in [6.45, 7) is 6.64. The molecule has 0 aromatic carbocycles. The standard InChI is InChI=1S/C66H122O6/c1-4-7-10-13-16-19-21-23-25-27-28-29-30-31-32-33-34-35-36-37-38-40-41-43-45-47-50-53-56-59-65(68)71-62-63(61-70-64(67)58-55-52-49-18-15-12-9-6-3)72-66(69)60-57-54-51-48-46-44-42-39-26-24-22-20-17-14-11-8-5-2/h21,23-24,26-28,63H,4-20,22,25,29-62H2,1-3H3/b23-21-,26-24-,28-27-. The Morgan fingerprint density at radius 2 is 0.500 bits per heavy atom. The van der Waals surface area contributed by atoms with Crippen LogP contribution in [0.2, 0.25) is 0 Å². The highest BCUT2D eigenvalue weighted by atomic mass is 16.6. The van der Waals surface area contributed by atoms with Crippen molar-refractivity contribution in [1.29, 1.82) is 0 Å². The fourth-order valence-electron chi connectivity index (χ4n) is 9.53. The quantitative estimate of drug-likeness (QED) is 0.0261. The average Bonchev–Trinajstić information content (AvgIpc) is 3.38. The summed E-state index contributed by atoms with van der Waals surface area (Å²) in [6, 6.07) is 0. The van der Waals surface area contributed by atoms with Gasteiger partial charge in [-0.05, 0) is 77.0 Å². The first-order chi connectivity index (χ1) is 35.5. The number of hydrogen-bond donors (Lipinski definition) is 0. The van der Waals surface area contributed by atoms with Crippen LogP contribution < -0.4 is 0 Å². The van der Waals surface area contributed by atoms with Gasteiger partial charge in [-0.2, -0.15) is 0 Å². The number of hydrogen-bond acceptors (Lipinski definition) is 6. The first-order valence-electron chi connectivity index (χ1n) is 32.0. The van der Waals surface area contributed by atoms with E-state index in [-0.39, 0.29) is 31.1 Å². The Labute approximate surface area is 448 Å². The van der Waals surface area contributed by atoms with Crippen LogP contribution in [0.3, 0.4) is 0 Å². The van der Waals surface area contributed by atoms with Crippen molar-refractivity contribution in [2.75, 3.05) is 13.2 Å².